The number of aromatic nitrogens is 1. The van der Waals surface area contributed by atoms with E-state index in [0.29, 0.717) is 6.04 Å². The lowest BCUT2D eigenvalue weighted by molar-refractivity contribution is 0.149. The van der Waals surface area contributed by atoms with Crippen LogP contribution in [-0.2, 0) is 11.8 Å². The van der Waals surface area contributed by atoms with Gasteiger partial charge < -0.3 is 19.4 Å². The molecule has 1 unspecified atom stereocenters. The Morgan fingerprint density at radius 3 is 3.05 bits per heavy atom. The summed E-state index contributed by atoms with van der Waals surface area (Å²) in [5, 5.41) is 4.81. The van der Waals surface area contributed by atoms with Gasteiger partial charge in [-0.2, -0.15) is 0 Å². The van der Waals surface area contributed by atoms with E-state index < -0.39 is 0 Å². The molecule has 1 fully saturated rings. The van der Waals surface area contributed by atoms with Crippen LogP contribution in [0.5, 0.6) is 5.75 Å². The molecule has 4 nitrogen and oxygen atoms in total. The number of aryl methyl sites for hydroxylation is 1. The maximum atomic E-state index is 5.50. The lowest BCUT2D eigenvalue weighted by atomic mass is 10.1. The molecule has 102 valence electrons. The number of methoxy groups -OCH3 is 1. The Kier molecular flexibility index (Phi) is 3.44. The van der Waals surface area contributed by atoms with Crippen molar-refractivity contribution in [2.75, 3.05) is 26.9 Å². The summed E-state index contributed by atoms with van der Waals surface area (Å²) in [7, 11) is 3.82. The zero-order valence-electron chi connectivity index (χ0n) is 11.5. The van der Waals surface area contributed by atoms with Crippen LogP contribution in [0.1, 0.15) is 18.2 Å². The first-order valence-electron chi connectivity index (χ1n) is 6.74. The molecule has 0 amide bonds. The summed E-state index contributed by atoms with van der Waals surface area (Å²) < 4.78 is 13.1. The van der Waals surface area contributed by atoms with Crippen molar-refractivity contribution in [3.05, 3.63) is 30.0 Å². The normalized spacial score (nSPS) is 20.4. The third-order valence-corrected chi connectivity index (χ3v) is 3.83. The molecule has 1 atom stereocenters. The smallest absolute Gasteiger partial charge is 0.120 e. The van der Waals surface area contributed by atoms with Crippen LogP contribution in [0.2, 0.25) is 0 Å². The second-order valence-electron chi connectivity index (χ2n) is 4.96. The molecule has 0 spiro atoms. The Labute approximate surface area is 113 Å². The summed E-state index contributed by atoms with van der Waals surface area (Å²) >= 11 is 0. The number of hydrogen-bond donors (Lipinski definition) is 1. The van der Waals surface area contributed by atoms with Gasteiger partial charge in [-0.1, -0.05) is 0 Å². The number of hydrogen-bond acceptors (Lipinski definition) is 3. The second kappa shape index (κ2) is 5.23. The van der Waals surface area contributed by atoms with Crippen LogP contribution in [0.3, 0.4) is 0 Å². The summed E-state index contributed by atoms with van der Waals surface area (Å²) in [5.74, 6) is 0.900. The fraction of sp³-hybridized carbons (Fsp3) is 0.467. The van der Waals surface area contributed by atoms with Gasteiger partial charge in [-0.15, -0.1) is 0 Å². The van der Waals surface area contributed by atoms with Gasteiger partial charge in [0.05, 0.1) is 19.2 Å². The predicted molar refractivity (Wildman–Crippen MR) is 75.7 cm³/mol. The van der Waals surface area contributed by atoms with Gasteiger partial charge in [0.1, 0.15) is 5.75 Å². The summed E-state index contributed by atoms with van der Waals surface area (Å²) in [6.45, 7) is 2.53. The predicted octanol–water partition coefficient (Wildman–Crippen LogP) is 2.24. The minimum Gasteiger partial charge on any atom is -0.497 e. The summed E-state index contributed by atoms with van der Waals surface area (Å²) in [5.41, 5.74) is 2.52. The van der Waals surface area contributed by atoms with Crippen molar-refractivity contribution in [2.24, 2.45) is 7.05 Å². The largest absolute Gasteiger partial charge is 0.497 e. The third kappa shape index (κ3) is 2.33. The molecule has 3 rings (SSSR count). The molecule has 0 saturated carbocycles. The molecule has 0 radical (unpaired) electrons. The Balaban J connectivity index is 2.01. The van der Waals surface area contributed by atoms with Crippen LogP contribution in [0.4, 0.5) is 0 Å². The average Bonchev–Trinajstić information content (AvgIpc) is 2.64. The first kappa shape index (κ1) is 12.5. The van der Waals surface area contributed by atoms with E-state index in [2.05, 4.69) is 35.1 Å². The highest BCUT2D eigenvalue weighted by atomic mass is 16.5. The van der Waals surface area contributed by atoms with E-state index in [1.807, 2.05) is 6.07 Å². The van der Waals surface area contributed by atoms with E-state index in [1.165, 1.54) is 16.6 Å². The molecule has 1 saturated heterocycles. The van der Waals surface area contributed by atoms with Crippen LogP contribution < -0.4 is 10.1 Å². The van der Waals surface area contributed by atoms with Crippen molar-refractivity contribution in [2.45, 2.75) is 12.5 Å². The molecule has 1 aromatic heterocycles. The molecule has 1 aliphatic heterocycles. The summed E-state index contributed by atoms with van der Waals surface area (Å²) in [6.07, 6.45) is 1.02. The van der Waals surface area contributed by atoms with Crippen LogP contribution in [0.25, 0.3) is 10.9 Å². The van der Waals surface area contributed by atoms with Gasteiger partial charge in [-0.25, -0.2) is 0 Å². The Hall–Kier alpha value is -1.52. The molecular weight excluding hydrogens is 240 g/mol. The van der Waals surface area contributed by atoms with Crippen molar-refractivity contribution in [1.29, 1.82) is 0 Å². The Morgan fingerprint density at radius 2 is 2.21 bits per heavy atom. The molecule has 1 N–H and O–H groups in total. The van der Waals surface area contributed by atoms with Gasteiger partial charge in [0.2, 0.25) is 0 Å². The van der Waals surface area contributed by atoms with Crippen molar-refractivity contribution in [3.63, 3.8) is 0 Å². The van der Waals surface area contributed by atoms with Gasteiger partial charge in [0.15, 0.2) is 0 Å². The van der Waals surface area contributed by atoms with Crippen molar-refractivity contribution >= 4 is 10.9 Å². The van der Waals surface area contributed by atoms with Crippen molar-refractivity contribution in [3.8, 4) is 5.75 Å². The van der Waals surface area contributed by atoms with Crippen molar-refractivity contribution in [1.82, 2.24) is 9.88 Å². The highest BCUT2D eigenvalue weighted by molar-refractivity contribution is 5.82. The molecule has 4 heteroatoms. The van der Waals surface area contributed by atoms with E-state index >= 15 is 0 Å². The number of fused-ring (bicyclic) bond motifs is 1. The first-order valence-corrected chi connectivity index (χ1v) is 6.74. The maximum absolute atomic E-state index is 5.50. The number of ether oxygens (including phenoxy) is 2. The topological polar surface area (TPSA) is 35.4 Å². The number of rotatable bonds is 2. The van der Waals surface area contributed by atoms with Gasteiger partial charge >= 0.3 is 0 Å². The molecule has 2 aromatic rings. The fourth-order valence-corrected chi connectivity index (χ4v) is 2.76. The second-order valence-corrected chi connectivity index (χ2v) is 4.96. The fourth-order valence-electron chi connectivity index (χ4n) is 2.76. The van der Waals surface area contributed by atoms with Crippen molar-refractivity contribution < 1.29 is 9.47 Å². The Bertz CT molecular complexity index is 569. The molecule has 0 aliphatic carbocycles. The minimum absolute atomic E-state index is 0.367. The molecule has 0 bridgehead atoms. The minimum atomic E-state index is 0.367. The van der Waals surface area contributed by atoms with Gasteiger partial charge in [-0.3, -0.25) is 0 Å². The van der Waals surface area contributed by atoms with Crippen LogP contribution in [0.15, 0.2) is 24.3 Å². The van der Waals surface area contributed by atoms with Crippen LogP contribution in [-0.4, -0.2) is 31.4 Å². The number of nitrogens with zero attached hydrogens (tertiary/aromatic N) is 1. The zero-order chi connectivity index (χ0) is 13.2. The molecular formula is C15H20N2O2. The van der Waals surface area contributed by atoms with Crippen LogP contribution >= 0.6 is 0 Å². The lowest BCUT2D eigenvalue weighted by Gasteiger charge is -2.16. The molecule has 1 aliphatic rings. The summed E-state index contributed by atoms with van der Waals surface area (Å²) in [6, 6.07) is 8.84. The average molecular weight is 260 g/mol. The third-order valence-electron chi connectivity index (χ3n) is 3.83. The van der Waals surface area contributed by atoms with Gasteiger partial charge in [0, 0.05) is 43.4 Å². The van der Waals surface area contributed by atoms with E-state index in [0.717, 1.165) is 31.9 Å². The molecule has 1 aromatic carbocycles. The highest BCUT2D eigenvalue weighted by Gasteiger charge is 2.18. The van der Waals surface area contributed by atoms with E-state index in [4.69, 9.17) is 9.47 Å². The first-order chi connectivity index (χ1) is 9.29. The van der Waals surface area contributed by atoms with Crippen LogP contribution in [0, 0.1) is 0 Å². The molecule has 19 heavy (non-hydrogen) atoms. The SMILES string of the molecule is COc1ccc2cc(C3CCOCCN3)n(C)c2c1. The Morgan fingerprint density at radius 1 is 1.32 bits per heavy atom. The maximum Gasteiger partial charge on any atom is 0.120 e. The number of benzene rings is 1. The highest BCUT2D eigenvalue weighted by Crippen LogP contribution is 2.28. The lowest BCUT2D eigenvalue weighted by Crippen LogP contribution is -2.23. The van der Waals surface area contributed by atoms with E-state index in [9.17, 15) is 0 Å². The quantitative estimate of drug-likeness (QED) is 0.899. The number of nitrogens with one attached hydrogen (secondary N) is 1. The monoisotopic (exact) mass is 260 g/mol. The molecule has 2 heterocycles. The van der Waals surface area contributed by atoms with Gasteiger partial charge in [0.25, 0.3) is 0 Å². The van der Waals surface area contributed by atoms with E-state index in [-0.39, 0.29) is 0 Å². The van der Waals surface area contributed by atoms with E-state index in [1.54, 1.807) is 7.11 Å². The summed E-state index contributed by atoms with van der Waals surface area (Å²) in [4.78, 5) is 0. The standard InChI is InChI=1S/C15H20N2O2/c1-17-14-10-12(18-2)4-3-11(14)9-15(17)13-5-7-19-8-6-16-13/h3-4,9-10,13,16H,5-8H2,1-2H3. The van der Waals surface area contributed by atoms with Gasteiger partial charge in [-0.05, 0) is 24.6 Å². The zero-order valence-corrected chi connectivity index (χ0v) is 11.5.